The summed E-state index contributed by atoms with van der Waals surface area (Å²) in [7, 11) is 0. The van der Waals surface area contributed by atoms with E-state index >= 15 is 0 Å². The van der Waals surface area contributed by atoms with E-state index in [9.17, 15) is 9.59 Å². The Morgan fingerprint density at radius 3 is 2.68 bits per heavy atom. The molecule has 0 saturated carbocycles. The maximum absolute atomic E-state index is 12.6. The SMILES string of the molecule is CC(C)Oc1ccccc1NC(=O)c1cncc(C(=O)NCC2CCCO2)c1. The van der Waals surface area contributed by atoms with E-state index < -0.39 is 0 Å². The Hall–Kier alpha value is -2.93. The van der Waals surface area contributed by atoms with E-state index in [1.165, 1.54) is 18.5 Å². The highest BCUT2D eigenvalue weighted by Crippen LogP contribution is 2.25. The molecule has 1 saturated heterocycles. The summed E-state index contributed by atoms with van der Waals surface area (Å²) in [5, 5.41) is 5.65. The van der Waals surface area contributed by atoms with Crippen LogP contribution in [-0.2, 0) is 4.74 Å². The number of carbonyl (C=O) groups is 2. The van der Waals surface area contributed by atoms with Gasteiger partial charge in [-0.2, -0.15) is 0 Å². The molecule has 7 heteroatoms. The van der Waals surface area contributed by atoms with Crippen LogP contribution < -0.4 is 15.4 Å². The van der Waals surface area contributed by atoms with Gasteiger partial charge in [0, 0.05) is 25.5 Å². The predicted molar refractivity (Wildman–Crippen MR) is 106 cm³/mol. The fourth-order valence-electron chi connectivity index (χ4n) is 2.92. The molecule has 0 radical (unpaired) electrons. The number of para-hydroxylation sites is 2. The summed E-state index contributed by atoms with van der Waals surface area (Å²) in [5.74, 6) is -0.0495. The van der Waals surface area contributed by atoms with Crippen molar-refractivity contribution in [1.29, 1.82) is 0 Å². The Kier molecular flexibility index (Phi) is 6.60. The first-order chi connectivity index (χ1) is 13.5. The molecule has 2 N–H and O–H groups in total. The van der Waals surface area contributed by atoms with Gasteiger partial charge < -0.3 is 20.1 Å². The molecule has 1 aliphatic heterocycles. The van der Waals surface area contributed by atoms with Crippen LogP contribution in [0.1, 0.15) is 47.4 Å². The summed E-state index contributed by atoms with van der Waals surface area (Å²) in [6, 6.07) is 8.74. The first kappa shape index (κ1) is 19.8. The summed E-state index contributed by atoms with van der Waals surface area (Å²) in [4.78, 5) is 29.0. The molecule has 2 aromatic rings. The minimum Gasteiger partial charge on any atom is -0.489 e. The highest BCUT2D eigenvalue weighted by atomic mass is 16.5. The van der Waals surface area contributed by atoms with Crippen LogP contribution in [0.15, 0.2) is 42.7 Å². The molecule has 0 spiro atoms. The highest BCUT2D eigenvalue weighted by molar-refractivity contribution is 6.06. The van der Waals surface area contributed by atoms with Crippen LogP contribution in [0.3, 0.4) is 0 Å². The largest absolute Gasteiger partial charge is 0.489 e. The molecule has 148 valence electrons. The number of nitrogens with one attached hydrogen (secondary N) is 2. The van der Waals surface area contributed by atoms with Crippen molar-refractivity contribution < 1.29 is 19.1 Å². The third-order valence-electron chi connectivity index (χ3n) is 4.27. The van der Waals surface area contributed by atoms with Crippen LogP contribution in [-0.4, -0.2) is 42.2 Å². The van der Waals surface area contributed by atoms with E-state index in [-0.39, 0.29) is 24.0 Å². The van der Waals surface area contributed by atoms with Gasteiger partial charge in [-0.3, -0.25) is 14.6 Å². The number of rotatable bonds is 7. The van der Waals surface area contributed by atoms with Crippen molar-refractivity contribution in [2.45, 2.75) is 38.9 Å². The average molecular weight is 383 g/mol. The van der Waals surface area contributed by atoms with Gasteiger partial charge >= 0.3 is 0 Å². The van der Waals surface area contributed by atoms with Crippen LogP contribution in [0.25, 0.3) is 0 Å². The normalized spacial score (nSPS) is 16.0. The zero-order valence-electron chi connectivity index (χ0n) is 16.1. The molecule has 0 aliphatic carbocycles. The summed E-state index contributed by atoms with van der Waals surface area (Å²) < 4.78 is 11.2. The molecule has 1 unspecified atom stereocenters. The van der Waals surface area contributed by atoms with E-state index in [1.54, 1.807) is 12.1 Å². The standard InChI is InChI=1S/C21H25N3O4/c1-14(2)28-19-8-4-3-7-18(19)24-21(26)16-10-15(11-22-12-16)20(25)23-13-17-6-5-9-27-17/h3-4,7-8,10-12,14,17H,5-6,9,13H2,1-2H3,(H,23,25)(H,24,26). The molecule has 1 aromatic heterocycles. The second-order valence-corrected chi connectivity index (χ2v) is 6.92. The van der Waals surface area contributed by atoms with E-state index in [2.05, 4.69) is 15.6 Å². The number of carbonyl (C=O) groups excluding carboxylic acids is 2. The molecule has 2 heterocycles. The maximum atomic E-state index is 12.6. The van der Waals surface area contributed by atoms with Crippen molar-refractivity contribution in [2.24, 2.45) is 0 Å². The highest BCUT2D eigenvalue weighted by Gasteiger charge is 2.18. The topological polar surface area (TPSA) is 89.5 Å². The summed E-state index contributed by atoms with van der Waals surface area (Å²) >= 11 is 0. The number of hydrogen-bond donors (Lipinski definition) is 2. The Morgan fingerprint density at radius 1 is 1.21 bits per heavy atom. The molecule has 7 nitrogen and oxygen atoms in total. The van der Waals surface area contributed by atoms with Gasteiger partial charge in [0.1, 0.15) is 5.75 Å². The molecular formula is C21H25N3O4. The molecule has 1 aliphatic rings. The maximum Gasteiger partial charge on any atom is 0.257 e. The number of nitrogens with zero attached hydrogens (tertiary/aromatic N) is 1. The van der Waals surface area contributed by atoms with Crippen molar-refractivity contribution >= 4 is 17.5 Å². The van der Waals surface area contributed by atoms with Gasteiger partial charge in [0.25, 0.3) is 11.8 Å². The number of anilines is 1. The molecule has 2 amide bonds. The smallest absolute Gasteiger partial charge is 0.257 e. The van der Waals surface area contributed by atoms with Crippen LogP contribution in [0.2, 0.25) is 0 Å². The lowest BCUT2D eigenvalue weighted by Gasteiger charge is -2.15. The Labute approximate surface area is 164 Å². The van der Waals surface area contributed by atoms with Gasteiger partial charge in [0.2, 0.25) is 0 Å². The fraction of sp³-hybridized carbons (Fsp3) is 0.381. The summed E-state index contributed by atoms with van der Waals surface area (Å²) in [6.07, 6.45) is 4.87. The van der Waals surface area contributed by atoms with E-state index in [0.717, 1.165) is 19.4 Å². The Balaban J connectivity index is 1.66. The lowest BCUT2D eigenvalue weighted by Crippen LogP contribution is -2.32. The number of benzene rings is 1. The van der Waals surface area contributed by atoms with Gasteiger partial charge in [-0.25, -0.2) is 0 Å². The molecule has 1 fully saturated rings. The Bertz CT molecular complexity index is 832. The molecule has 1 atom stereocenters. The van der Waals surface area contributed by atoms with Gasteiger partial charge in [-0.05, 0) is 44.9 Å². The van der Waals surface area contributed by atoms with Crippen molar-refractivity contribution in [3.63, 3.8) is 0 Å². The summed E-state index contributed by atoms with van der Waals surface area (Å²) in [6.45, 7) is 5.03. The number of aromatic nitrogens is 1. The predicted octanol–water partition coefficient (Wildman–Crippen LogP) is 3.03. The van der Waals surface area contributed by atoms with Gasteiger partial charge in [0.05, 0.1) is 29.0 Å². The zero-order chi connectivity index (χ0) is 19.9. The van der Waals surface area contributed by atoms with Crippen molar-refractivity contribution in [3.05, 3.63) is 53.9 Å². The van der Waals surface area contributed by atoms with Crippen molar-refractivity contribution in [2.75, 3.05) is 18.5 Å². The van der Waals surface area contributed by atoms with Crippen molar-refractivity contribution in [3.8, 4) is 5.75 Å². The molecule has 1 aromatic carbocycles. The second-order valence-electron chi connectivity index (χ2n) is 6.92. The fourth-order valence-corrected chi connectivity index (χ4v) is 2.92. The minimum atomic E-state index is -0.360. The van der Waals surface area contributed by atoms with Crippen LogP contribution >= 0.6 is 0 Å². The van der Waals surface area contributed by atoms with Gasteiger partial charge in [0.15, 0.2) is 0 Å². The second kappa shape index (κ2) is 9.32. The van der Waals surface area contributed by atoms with Gasteiger partial charge in [-0.15, -0.1) is 0 Å². The van der Waals surface area contributed by atoms with Crippen LogP contribution in [0.4, 0.5) is 5.69 Å². The van der Waals surface area contributed by atoms with Crippen LogP contribution in [0.5, 0.6) is 5.75 Å². The number of pyridine rings is 1. The monoisotopic (exact) mass is 383 g/mol. The Morgan fingerprint density at radius 2 is 1.96 bits per heavy atom. The van der Waals surface area contributed by atoms with E-state index in [1.807, 2.05) is 26.0 Å². The van der Waals surface area contributed by atoms with E-state index in [4.69, 9.17) is 9.47 Å². The third kappa shape index (κ3) is 5.29. The minimum absolute atomic E-state index is 0.0180. The summed E-state index contributed by atoms with van der Waals surface area (Å²) in [5.41, 5.74) is 1.19. The lowest BCUT2D eigenvalue weighted by molar-refractivity contribution is 0.0857. The lowest BCUT2D eigenvalue weighted by atomic mass is 10.1. The molecule has 28 heavy (non-hydrogen) atoms. The van der Waals surface area contributed by atoms with Gasteiger partial charge in [-0.1, -0.05) is 12.1 Å². The molecule has 0 bridgehead atoms. The molecule has 3 rings (SSSR count). The zero-order valence-corrected chi connectivity index (χ0v) is 16.1. The number of ether oxygens (including phenoxy) is 2. The van der Waals surface area contributed by atoms with Crippen LogP contribution in [0, 0.1) is 0 Å². The number of amides is 2. The number of hydrogen-bond acceptors (Lipinski definition) is 5. The van der Waals surface area contributed by atoms with E-state index in [0.29, 0.717) is 29.1 Å². The first-order valence-corrected chi connectivity index (χ1v) is 9.45. The first-order valence-electron chi connectivity index (χ1n) is 9.45. The molecular weight excluding hydrogens is 358 g/mol. The average Bonchev–Trinajstić information content (AvgIpc) is 3.21. The van der Waals surface area contributed by atoms with Crippen molar-refractivity contribution in [1.82, 2.24) is 10.3 Å². The quantitative estimate of drug-likeness (QED) is 0.767. The third-order valence-corrected chi connectivity index (χ3v) is 4.27.